The van der Waals surface area contributed by atoms with Gasteiger partial charge in [0.1, 0.15) is 0 Å². The molecule has 0 aromatic heterocycles. The number of carbonyl (C=O) groups excluding carboxylic acids is 1. The Bertz CT molecular complexity index is 349. The Hall–Kier alpha value is -0.350. The normalized spacial score (nSPS) is 10.6. The van der Waals surface area contributed by atoms with Gasteiger partial charge < -0.3 is 4.90 Å². The molecule has 0 spiro atoms. The Morgan fingerprint density at radius 2 is 1.88 bits per heavy atom. The van der Waals surface area contributed by atoms with E-state index in [2.05, 4.69) is 31.9 Å². The largest absolute Gasteiger partial charge is 0.335 e. The highest BCUT2D eigenvalue weighted by atomic mass is 79.9. The monoisotopic (exact) mass is 347 g/mol. The second kappa shape index (κ2) is 6.40. The molecule has 0 aliphatic heterocycles. The molecule has 0 N–H and O–H groups in total. The van der Waals surface area contributed by atoms with Crippen LogP contribution in [0.15, 0.2) is 28.7 Å². The first-order valence-corrected chi connectivity index (χ1v) is 7.10. The Kier molecular flexibility index (Phi) is 5.49. The van der Waals surface area contributed by atoms with Crippen molar-refractivity contribution in [1.82, 2.24) is 4.90 Å². The van der Waals surface area contributed by atoms with E-state index in [0.29, 0.717) is 0 Å². The number of halogens is 2. The summed E-state index contributed by atoms with van der Waals surface area (Å²) in [6.07, 6.45) is 0. The first-order chi connectivity index (χ1) is 7.56. The second-order valence-electron chi connectivity index (χ2n) is 3.79. The van der Waals surface area contributed by atoms with E-state index in [-0.39, 0.29) is 11.9 Å². The highest BCUT2D eigenvalue weighted by Crippen LogP contribution is 2.13. The molecule has 0 saturated heterocycles. The van der Waals surface area contributed by atoms with Crippen LogP contribution in [0.25, 0.3) is 0 Å². The van der Waals surface area contributed by atoms with E-state index in [0.717, 1.165) is 21.9 Å². The van der Waals surface area contributed by atoms with Gasteiger partial charge in [-0.1, -0.05) is 31.9 Å². The molecule has 0 heterocycles. The molecule has 0 bridgehead atoms. The molecule has 0 radical (unpaired) electrons. The summed E-state index contributed by atoms with van der Waals surface area (Å²) in [5.74, 6) is 0.0851. The van der Waals surface area contributed by atoms with Crippen LogP contribution in [0.2, 0.25) is 0 Å². The van der Waals surface area contributed by atoms with E-state index in [4.69, 9.17) is 0 Å². The number of nitrogens with zero attached hydrogens (tertiary/aromatic N) is 1. The average molecular weight is 349 g/mol. The summed E-state index contributed by atoms with van der Waals surface area (Å²) in [5.41, 5.74) is 0.734. The number of alkyl halides is 1. The smallest absolute Gasteiger partial charge is 0.254 e. The fourth-order valence-corrected chi connectivity index (χ4v) is 2.09. The maximum absolute atomic E-state index is 12.2. The molecule has 16 heavy (non-hydrogen) atoms. The van der Waals surface area contributed by atoms with Gasteiger partial charge in [0.05, 0.1) is 0 Å². The fourth-order valence-electron chi connectivity index (χ4n) is 1.44. The zero-order valence-corrected chi connectivity index (χ0v) is 12.6. The molecule has 0 saturated carbocycles. The van der Waals surface area contributed by atoms with Crippen LogP contribution in [0.5, 0.6) is 0 Å². The van der Waals surface area contributed by atoms with Crippen LogP contribution in [-0.2, 0) is 0 Å². The van der Waals surface area contributed by atoms with Crippen molar-refractivity contribution in [2.45, 2.75) is 19.9 Å². The highest BCUT2D eigenvalue weighted by Gasteiger charge is 2.17. The summed E-state index contributed by atoms with van der Waals surface area (Å²) in [5, 5.41) is 0.799. The Morgan fingerprint density at radius 1 is 1.31 bits per heavy atom. The SMILES string of the molecule is CC(C)N(CCBr)C(=O)c1ccc(Br)cc1. The van der Waals surface area contributed by atoms with Gasteiger partial charge in [0.2, 0.25) is 0 Å². The number of amides is 1. The zero-order valence-electron chi connectivity index (χ0n) is 9.41. The lowest BCUT2D eigenvalue weighted by Gasteiger charge is -2.26. The van der Waals surface area contributed by atoms with Crippen molar-refractivity contribution >= 4 is 37.8 Å². The van der Waals surface area contributed by atoms with E-state index in [1.54, 1.807) is 0 Å². The fraction of sp³-hybridized carbons (Fsp3) is 0.417. The van der Waals surface area contributed by atoms with Crippen molar-refractivity contribution in [3.63, 3.8) is 0 Å². The summed E-state index contributed by atoms with van der Waals surface area (Å²) in [6.45, 7) is 4.78. The van der Waals surface area contributed by atoms with Crippen LogP contribution in [0, 0.1) is 0 Å². The van der Waals surface area contributed by atoms with Gasteiger partial charge in [0, 0.05) is 28.0 Å². The van der Waals surface area contributed by atoms with E-state index in [1.165, 1.54) is 0 Å². The number of benzene rings is 1. The number of hydrogen-bond donors (Lipinski definition) is 0. The van der Waals surface area contributed by atoms with Crippen LogP contribution in [0.4, 0.5) is 0 Å². The van der Waals surface area contributed by atoms with Gasteiger partial charge in [-0.05, 0) is 38.1 Å². The van der Waals surface area contributed by atoms with Gasteiger partial charge in [-0.25, -0.2) is 0 Å². The molecule has 1 amide bonds. The quantitative estimate of drug-likeness (QED) is 0.760. The standard InChI is InChI=1S/C12H15Br2NO/c1-9(2)15(8-7-13)12(16)10-3-5-11(14)6-4-10/h3-6,9H,7-8H2,1-2H3. The molecule has 1 rings (SSSR count). The lowest BCUT2D eigenvalue weighted by molar-refractivity contribution is 0.0719. The van der Waals surface area contributed by atoms with Crippen molar-refractivity contribution < 1.29 is 4.79 Å². The highest BCUT2D eigenvalue weighted by molar-refractivity contribution is 9.10. The third kappa shape index (κ3) is 3.59. The Morgan fingerprint density at radius 3 is 2.31 bits per heavy atom. The average Bonchev–Trinajstić information content (AvgIpc) is 2.25. The van der Waals surface area contributed by atoms with Crippen LogP contribution < -0.4 is 0 Å². The van der Waals surface area contributed by atoms with E-state index in [1.807, 2.05) is 43.0 Å². The minimum Gasteiger partial charge on any atom is -0.335 e. The van der Waals surface area contributed by atoms with E-state index >= 15 is 0 Å². The molecule has 4 heteroatoms. The molecule has 1 aromatic carbocycles. The van der Waals surface area contributed by atoms with Crippen molar-refractivity contribution in [3.8, 4) is 0 Å². The Balaban J connectivity index is 2.86. The summed E-state index contributed by atoms with van der Waals surface area (Å²) >= 11 is 6.73. The lowest BCUT2D eigenvalue weighted by atomic mass is 10.2. The number of hydrogen-bond acceptors (Lipinski definition) is 1. The van der Waals surface area contributed by atoms with Crippen LogP contribution in [0.3, 0.4) is 0 Å². The summed E-state index contributed by atoms with van der Waals surface area (Å²) in [4.78, 5) is 14.0. The maximum Gasteiger partial charge on any atom is 0.254 e. The van der Waals surface area contributed by atoms with E-state index in [9.17, 15) is 4.79 Å². The van der Waals surface area contributed by atoms with Gasteiger partial charge in [-0.3, -0.25) is 4.79 Å². The zero-order chi connectivity index (χ0) is 12.1. The van der Waals surface area contributed by atoms with E-state index < -0.39 is 0 Å². The molecule has 0 fully saturated rings. The number of rotatable bonds is 4. The van der Waals surface area contributed by atoms with Gasteiger partial charge in [-0.15, -0.1) is 0 Å². The summed E-state index contributed by atoms with van der Waals surface area (Å²) < 4.78 is 0.987. The molecule has 0 unspecified atom stereocenters. The number of carbonyl (C=O) groups is 1. The van der Waals surface area contributed by atoms with Gasteiger partial charge >= 0.3 is 0 Å². The molecule has 0 atom stereocenters. The van der Waals surface area contributed by atoms with Gasteiger partial charge in [-0.2, -0.15) is 0 Å². The lowest BCUT2D eigenvalue weighted by Crippen LogP contribution is -2.38. The third-order valence-electron chi connectivity index (χ3n) is 2.30. The summed E-state index contributed by atoms with van der Waals surface area (Å²) in [6, 6.07) is 7.68. The maximum atomic E-state index is 12.2. The predicted octanol–water partition coefficient (Wildman–Crippen LogP) is 3.69. The van der Waals surface area contributed by atoms with Crippen molar-refractivity contribution in [2.75, 3.05) is 11.9 Å². The molecule has 2 nitrogen and oxygen atoms in total. The topological polar surface area (TPSA) is 20.3 Å². The van der Waals surface area contributed by atoms with Crippen molar-refractivity contribution in [1.29, 1.82) is 0 Å². The van der Waals surface area contributed by atoms with Crippen LogP contribution >= 0.6 is 31.9 Å². The van der Waals surface area contributed by atoms with Crippen molar-refractivity contribution in [2.24, 2.45) is 0 Å². The van der Waals surface area contributed by atoms with Crippen LogP contribution in [0.1, 0.15) is 24.2 Å². The predicted molar refractivity (Wildman–Crippen MR) is 74.1 cm³/mol. The molecule has 88 valence electrons. The summed E-state index contributed by atoms with van der Waals surface area (Å²) in [7, 11) is 0. The molecule has 1 aromatic rings. The van der Waals surface area contributed by atoms with Crippen molar-refractivity contribution in [3.05, 3.63) is 34.3 Å². The first-order valence-electron chi connectivity index (χ1n) is 5.18. The third-order valence-corrected chi connectivity index (χ3v) is 3.18. The molecular formula is C12H15Br2NO. The van der Waals surface area contributed by atoms with Gasteiger partial charge in [0.25, 0.3) is 5.91 Å². The minimum absolute atomic E-state index is 0.0851. The Labute approximate surface area is 113 Å². The molecular weight excluding hydrogens is 334 g/mol. The second-order valence-corrected chi connectivity index (χ2v) is 5.50. The van der Waals surface area contributed by atoms with Gasteiger partial charge in [0.15, 0.2) is 0 Å². The minimum atomic E-state index is 0.0851. The molecule has 0 aliphatic rings. The molecule has 0 aliphatic carbocycles. The van der Waals surface area contributed by atoms with Crippen LogP contribution in [-0.4, -0.2) is 28.7 Å². The first kappa shape index (κ1) is 13.7.